The van der Waals surface area contributed by atoms with Crippen LogP contribution in [0.25, 0.3) is 0 Å². The smallest absolute Gasteiger partial charge is 0.329 e. The third-order valence-corrected chi connectivity index (χ3v) is 3.28. The highest BCUT2D eigenvalue weighted by molar-refractivity contribution is 5.86. The number of carboxylic acids is 1. The van der Waals surface area contributed by atoms with Gasteiger partial charge in [-0.25, -0.2) is 9.59 Å². The van der Waals surface area contributed by atoms with Gasteiger partial charge < -0.3 is 20.6 Å². The van der Waals surface area contributed by atoms with Gasteiger partial charge in [0.25, 0.3) is 0 Å². The maximum atomic E-state index is 11.6. The molecule has 1 unspecified atom stereocenters. The van der Waals surface area contributed by atoms with Crippen LogP contribution in [0, 0.1) is 5.92 Å². The van der Waals surface area contributed by atoms with Crippen LogP contribution >= 0.6 is 0 Å². The van der Waals surface area contributed by atoms with E-state index in [1.165, 1.54) is 0 Å². The summed E-state index contributed by atoms with van der Waals surface area (Å²) in [6.45, 7) is 3.01. The molecule has 1 saturated carbocycles. The van der Waals surface area contributed by atoms with E-state index in [9.17, 15) is 14.7 Å². The molecule has 0 aromatic heterocycles. The highest BCUT2D eigenvalue weighted by Crippen LogP contribution is 2.39. The Morgan fingerprint density at radius 1 is 1.39 bits per heavy atom. The highest BCUT2D eigenvalue weighted by atomic mass is 16.4. The Morgan fingerprint density at radius 2 is 2.00 bits per heavy atom. The topological polar surface area (TPSA) is 81.7 Å². The molecular formula is C12H23N3O3. The van der Waals surface area contributed by atoms with E-state index >= 15 is 0 Å². The first kappa shape index (κ1) is 14.8. The lowest BCUT2D eigenvalue weighted by Gasteiger charge is -2.26. The first-order valence-corrected chi connectivity index (χ1v) is 6.30. The van der Waals surface area contributed by atoms with Gasteiger partial charge >= 0.3 is 12.0 Å². The zero-order valence-electron chi connectivity index (χ0n) is 11.3. The number of urea groups is 1. The van der Waals surface area contributed by atoms with Gasteiger partial charge in [0.2, 0.25) is 0 Å². The molecule has 0 heterocycles. The summed E-state index contributed by atoms with van der Waals surface area (Å²) in [5, 5.41) is 14.5. The molecule has 2 amide bonds. The fourth-order valence-electron chi connectivity index (χ4n) is 1.87. The number of rotatable bonds is 7. The molecule has 0 spiro atoms. The van der Waals surface area contributed by atoms with Gasteiger partial charge in [0.1, 0.15) is 5.54 Å². The molecule has 0 bridgehead atoms. The van der Waals surface area contributed by atoms with Crippen LogP contribution in [0.5, 0.6) is 0 Å². The van der Waals surface area contributed by atoms with Crippen LogP contribution < -0.4 is 10.6 Å². The van der Waals surface area contributed by atoms with Crippen LogP contribution in [0.15, 0.2) is 0 Å². The molecule has 0 aliphatic heterocycles. The minimum atomic E-state index is -1.13. The summed E-state index contributed by atoms with van der Waals surface area (Å²) in [7, 11) is 3.93. The van der Waals surface area contributed by atoms with Crippen LogP contribution in [0.4, 0.5) is 4.79 Å². The summed E-state index contributed by atoms with van der Waals surface area (Å²) in [4.78, 5) is 24.9. The molecule has 3 N–H and O–H groups in total. The van der Waals surface area contributed by atoms with E-state index < -0.39 is 17.5 Å². The SMILES string of the molecule is CN(C)CCCNC(=O)NC(C)(C(=O)O)C1CC1. The molecule has 0 radical (unpaired) electrons. The number of carbonyl (C=O) groups is 2. The van der Waals surface area contributed by atoms with Gasteiger partial charge in [-0.05, 0) is 52.7 Å². The van der Waals surface area contributed by atoms with Crippen molar-refractivity contribution >= 4 is 12.0 Å². The maximum Gasteiger partial charge on any atom is 0.329 e. The average Bonchev–Trinajstić information content (AvgIpc) is 3.07. The van der Waals surface area contributed by atoms with Crippen molar-refractivity contribution in [1.29, 1.82) is 0 Å². The van der Waals surface area contributed by atoms with Gasteiger partial charge in [0.15, 0.2) is 0 Å². The summed E-state index contributed by atoms with van der Waals surface area (Å²) in [5.41, 5.74) is -1.13. The summed E-state index contributed by atoms with van der Waals surface area (Å²) in [6, 6.07) is -0.398. The first-order chi connectivity index (χ1) is 8.36. The van der Waals surface area contributed by atoms with Crippen molar-refractivity contribution in [2.45, 2.75) is 31.7 Å². The van der Waals surface area contributed by atoms with E-state index in [2.05, 4.69) is 10.6 Å². The molecule has 18 heavy (non-hydrogen) atoms. The van der Waals surface area contributed by atoms with Crippen molar-refractivity contribution < 1.29 is 14.7 Å². The number of nitrogens with zero attached hydrogens (tertiary/aromatic N) is 1. The molecular weight excluding hydrogens is 234 g/mol. The fraction of sp³-hybridized carbons (Fsp3) is 0.833. The van der Waals surface area contributed by atoms with Crippen molar-refractivity contribution in [1.82, 2.24) is 15.5 Å². The Bertz CT molecular complexity index is 316. The third-order valence-electron chi connectivity index (χ3n) is 3.28. The number of hydrogen-bond donors (Lipinski definition) is 3. The first-order valence-electron chi connectivity index (χ1n) is 6.30. The molecule has 1 atom stereocenters. The zero-order valence-corrected chi connectivity index (χ0v) is 11.3. The van der Waals surface area contributed by atoms with Gasteiger partial charge in [-0.2, -0.15) is 0 Å². The molecule has 6 nitrogen and oxygen atoms in total. The molecule has 6 heteroatoms. The lowest BCUT2D eigenvalue weighted by Crippen LogP contribution is -2.56. The number of carboxylic acid groups (broad SMARTS) is 1. The fourth-order valence-corrected chi connectivity index (χ4v) is 1.87. The minimum absolute atomic E-state index is 0.0579. The van der Waals surface area contributed by atoms with Gasteiger partial charge in [-0.15, -0.1) is 0 Å². The Morgan fingerprint density at radius 3 is 2.44 bits per heavy atom. The van der Waals surface area contributed by atoms with E-state index in [1.54, 1.807) is 6.92 Å². The largest absolute Gasteiger partial charge is 0.480 e. The number of amides is 2. The number of hydrogen-bond acceptors (Lipinski definition) is 3. The second kappa shape index (κ2) is 6.04. The van der Waals surface area contributed by atoms with Crippen LogP contribution in [0.2, 0.25) is 0 Å². The second-order valence-corrected chi connectivity index (χ2v) is 5.32. The molecule has 0 aromatic rings. The second-order valence-electron chi connectivity index (χ2n) is 5.32. The monoisotopic (exact) mass is 257 g/mol. The summed E-state index contributed by atoms with van der Waals surface area (Å²) in [6.07, 6.45) is 2.57. The predicted molar refractivity (Wildman–Crippen MR) is 68.5 cm³/mol. The van der Waals surface area contributed by atoms with Crippen LogP contribution in [-0.4, -0.2) is 54.7 Å². The third kappa shape index (κ3) is 4.18. The summed E-state index contributed by atoms with van der Waals surface area (Å²) in [5.74, 6) is -0.907. The zero-order chi connectivity index (χ0) is 13.8. The van der Waals surface area contributed by atoms with E-state index in [0.717, 1.165) is 25.8 Å². The predicted octanol–water partition coefficient (Wildman–Crippen LogP) is 0.491. The lowest BCUT2D eigenvalue weighted by molar-refractivity contribution is -0.144. The van der Waals surface area contributed by atoms with E-state index in [1.807, 2.05) is 19.0 Å². The Kier molecular flexibility index (Phi) is 4.95. The quantitative estimate of drug-likeness (QED) is 0.580. The Hall–Kier alpha value is -1.30. The number of aliphatic carboxylic acids is 1. The minimum Gasteiger partial charge on any atom is -0.480 e. The molecule has 104 valence electrons. The van der Waals surface area contributed by atoms with Crippen molar-refractivity contribution in [3.63, 3.8) is 0 Å². The van der Waals surface area contributed by atoms with Gasteiger partial charge in [-0.1, -0.05) is 0 Å². The number of carbonyl (C=O) groups excluding carboxylic acids is 1. The van der Waals surface area contributed by atoms with Gasteiger partial charge in [-0.3, -0.25) is 0 Å². The number of nitrogens with one attached hydrogen (secondary N) is 2. The van der Waals surface area contributed by atoms with Crippen LogP contribution in [0.1, 0.15) is 26.2 Å². The Balaban J connectivity index is 2.31. The van der Waals surface area contributed by atoms with Crippen LogP contribution in [0.3, 0.4) is 0 Å². The normalized spacial score (nSPS) is 18.2. The molecule has 1 fully saturated rings. The molecule has 0 saturated heterocycles. The van der Waals surface area contributed by atoms with Crippen LogP contribution in [-0.2, 0) is 4.79 Å². The highest BCUT2D eigenvalue weighted by Gasteiger charge is 2.48. The molecule has 1 aliphatic carbocycles. The van der Waals surface area contributed by atoms with Crippen molar-refractivity contribution in [2.24, 2.45) is 5.92 Å². The van der Waals surface area contributed by atoms with E-state index in [0.29, 0.717) is 6.54 Å². The lowest BCUT2D eigenvalue weighted by atomic mass is 9.96. The van der Waals surface area contributed by atoms with E-state index in [-0.39, 0.29) is 5.92 Å². The molecule has 1 aliphatic rings. The summed E-state index contributed by atoms with van der Waals surface area (Å²) < 4.78 is 0. The average molecular weight is 257 g/mol. The molecule has 0 aromatic carbocycles. The van der Waals surface area contributed by atoms with Crippen molar-refractivity contribution in [3.8, 4) is 0 Å². The van der Waals surface area contributed by atoms with Crippen molar-refractivity contribution in [2.75, 3.05) is 27.2 Å². The van der Waals surface area contributed by atoms with Crippen molar-refractivity contribution in [3.05, 3.63) is 0 Å². The standard InChI is InChI=1S/C12H23N3O3/c1-12(10(16)17,9-5-6-9)14-11(18)13-7-4-8-15(2)3/h9H,4-8H2,1-3H3,(H,16,17)(H2,13,14,18). The maximum absolute atomic E-state index is 11.6. The van der Waals surface area contributed by atoms with Gasteiger partial charge in [0, 0.05) is 6.54 Å². The molecule has 1 rings (SSSR count). The van der Waals surface area contributed by atoms with Gasteiger partial charge in [0.05, 0.1) is 0 Å². The summed E-state index contributed by atoms with van der Waals surface area (Å²) >= 11 is 0. The Labute approximate surface area is 108 Å². The van der Waals surface area contributed by atoms with E-state index in [4.69, 9.17) is 0 Å².